The fourth-order valence-corrected chi connectivity index (χ4v) is 3.69. The number of benzene rings is 1. The molecular weight excluding hydrogens is 359 g/mol. The van der Waals surface area contributed by atoms with Crippen molar-refractivity contribution in [2.75, 3.05) is 18.0 Å². The van der Waals surface area contributed by atoms with E-state index >= 15 is 0 Å². The molecule has 1 aromatic heterocycles. The summed E-state index contributed by atoms with van der Waals surface area (Å²) in [5, 5.41) is 4.21. The number of carbonyl (C=O) groups excluding carboxylic acids is 1. The second-order valence-corrected chi connectivity index (χ2v) is 7.09. The number of anilines is 1. The minimum atomic E-state index is -0.177. The largest absolute Gasteiger partial charge is 0.355 e. The Kier molecular flexibility index (Phi) is 5.76. The summed E-state index contributed by atoms with van der Waals surface area (Å²) in [5.74, 6) is 0.769. The van der Waals surface area contributed by atoms with Crippen molar-refractivity contribution in [3.63, 3.8) is 0 Å². The molecule has 1 aromatic carbocycles. The molecule has 0 radical (unpaired) electrons. The first-order valence-electron chi connectivity index (χ1n) is 8.31. The lowest BCUT2D eigenvalue weighted by molar-refractivity contribution is -0.125. The number of nitrogens with one attached hydrogen (secondary N) is 1. The Bertz CT molecular complexity index is 741. The van der Waals surface area contributed by atoms with Gasteiger partial charge in [-0.3, -0.25) is 9.78 Å². The monoisotopic (exact) mass is 378 g/mol. The van der Waals surface area contributed by atoms with Gasteiger partial charge in [0.05, 0.1) is 18.2 Å². The minimum absolute atomic E-state index is 0.0344. The van der Waals surface area contributed by atoms with Crippen LogP contribution >= 0.6 is 23.2 Å². The number of hydrogen-bond donors (Lipinski definition) is 1. The average Bonchev–Trinajstić information content (AvgIpc) is 2.62. The summed E-state index contributed by atoms with van der Waals surface area (Å²) in [4.78, 5) is 23.2. The van der Waals surface area contributed by atoms with E-state index in [0.29, 0.717) is 16.6 Å². The van der Waals surface area contributed by atoms with Crippen LogP contribution in [0.4, 0.5) is 5.82 Å². The third kappa shape index (κ3) is 4.41. The van der Waals surface area contributed by atoms with Crippen LogP contribution in [0.25, 0.3) is 0 Å². The molecule has 2 atom stereocenters. The topological polar surface area (TPSA) is 58.1 Å². The number of aromatic nitrogens is 2. The average molecular weight is 379 g/mol. The Morgan fingerprint density at radius 2 is 2.20 bits per heavy atom. The molecule has 0 unspecified atom stereocenters. The number of carbonyl (C=O) groups is 1. The van der Waals surface area contributed by atoms with Gasteiger partial charge in [0.15, 0.2) is 0 Å². The van der Waals surface area contributed by atoms with Crippen molar-refractivity contribution >= 4 is 34.9 Å². The number of halogens is 2. The van der Waals surface area contributed by atoms with Gasteiger partial charge in [0.25, 0.3) is 0 Å². The van der Waals surface area contributed by atoms with Crippen molar-refractivity contribution in [1.29, 1.82) is 0 Å². The van der Waals surface area contributed by atoms with Crippen molar-refractivity contribution in [2.24, 2.45) is 5.92 Å². The summed E-state index contributed by atoms with van der Waals surface area (Å²) < 4.78 is 0. The highest BCUT2D eigenvalue weighted by Crippen LogP contribution is 2.27. The van der Waals surface area contributed by atoms with E-state index in [0.717, 1.165) is 30.8 Å². The molecule has 0 aliphatic carbocycles. The van der Waals surface area contributed by atoms with Gasteiger partial charge in [0.2, 0.25) is 5.91 Å². The molecule has 0 saturated carbocycles. The molecule has 0 bridgehead atoms. The van der Waals surface area contributed by atoms with Crippen LogP contribution in [0.5, 0.6) is 0 Å². The first kappa shape index (κ1) is 18.0. The van der Waals surface area contributed by atoms with Gasteiger partial charge in [0.1, 0.15) is 5.82 Å². The van der Waals surface area contributed by atoms with E-state index in [1.807, 2.05) is 13.0 Å². The van der Waals surface area contributed by atoms with Gasteiger partial charge in [-0.15, -0.1) is 0 Å². The predicted octanol–water partition coefficient (Wildman–Crippen LogP) is 3.88. The Morgan fingerprint density at radius 1 is 1.36 bits per heavy atom. The van der Waals surface area contributed by atoms with Crippen molar-refractivity contribution < 1.29 is 4.79 Å². The van der Waals surface area contributed by atoms with Gasteiger partial charge < -0.3 is 10.2 Å². The van der Waals surface area contributed by atoms with E-state index in [-0.39, 0.29) is 17.9 Å². The lowest BCUT2D eigenvalue weighted by Crippen LogP contribution is -2.44. The molecule has 1 saturated heterocycles. The van der Waals surface area contributed by atoms with Crippen molar-refractivity contribution in [1.82, 2.24) is 15.3 Å². The Labute approximate surface area is 157 Å². The van der Waals surface area contributed by atoms with Gasteiger partial charge >= 0.3 is 0 Å². The van der Waals surface area contributed by atoms with Gasteiger partial charge in [-0.2, -0.15) is 0 Å². The first-order valence-corrected chi connectivity index (χ1v) is 9.06. The van der Waals surface area contributed by atoms with E-state index in [1.54, 1.807) is 30.7 Å². The fraction of sp³-hybridized carbons (Fsp3) is 0.389. The second kappa shape index (κ2) is 8.02. The normalized spacial score (nSPS) is 18.7. The van der Waals surface area contributed by atoms with Crippen molar-refractivity contribution in [3.05, 3.63) is 52.4 Å². The lowest BCUT2D eigenvalue weighted by Gasteiger charge is -2.33. The van der Waals surface area contributed by atoms with Crippen LogP contribution in [0.2, 0.25) is 10.0 Å². The molecule has 1 N–H and O–H groups in total. The maximum Gasteiger partial charge on any atom is 0.225 e. The number of piperidine rings is 1. The smallest absolute Gasteiger partial charge is 0.225 e. The molecule has 1 fully saturated rings. The van der Waals surface area contributed by atoms with Gasteiger partial charge in [-0.1, -0.05) is 29.3 Å². The Balaban J connectivity index is 1.64. The molecule has 1 aliphatic rings. The van der Waals surface area contributed by atoms with E-state index in [1.165, 1.54) is 0 Å². The molecule has 132 valence electrons. The zero-order valence-electron chi connectivity index (χ0n) is 14.0. The molecule has 7 heteroatoms. The molecule has 25 heavy (non-hydrogen) atoms. The fourth-order valence-electron chi connectivity index (χ4n) is 3.12. The van der Waals surface area contributed by atoms with Crippen LogP contribution in [0.1, 0.15) is 31.4 Å². The molecule has 1 amide bonds. The minimum Gasteiger partial charge on any atom is -0.355 e. The highest BCUT2D eigenvalue weighted by Gasteiger charge is 2.27. The number of hydrogen-bond acceptors (Lipinski definition) is 4. The lowest BCUT2D eigenvalue weighted by atomic mass is 9.96. The van der Waals surface area contributed by atoms with E-state index in [4.69, 9.17) is 23.2 Å². The predicted molar refractivity (Wildman–Crippen MR) is 100.0 cm³/mol. The zero-order chi connectivity index (χ0) is 17.8. The standard InChI is InChI=1S/C18H20Cl2N4O/c1-12(15-5-4-14(19)9-16(15)20)23-18(25)13-3-2-8-24(11-13)17-10-21-6-7-22-17/h4-7,9-10,12-13H,2-3,8,11H2,1H3,(H,23,25)/t12-,13-/m0/s1. The Morgan fingerprint density at radius 3 is 2.92 bits per heavy atom. The molecule has 0 spiro atoms. The third-order valence-corrected chi connectivity index (χ3v) is 5.02. The molecule has 2 heterocycles. The van der Waals surface area contributed by atoms with E-state index in [9.17, 15) is 4.79 Å². The Hall–Kier alpha value is -1.85. The summed E-state index contributed by atoms with van der Waals surface area (Å²) in [6.45, 7) is 3.46. The number of rotatable bonds is 4. The van der Waals surface area contributed by atoms with Gasteiger partial charge in [-0.05, 0) is 37.5 Å². The first-order chi connectivity index (χ1) is 12.0. The van der Waals surface area contributed by atoms with E-state index in [2.05, 4.69) is 20.2 Å². The molecule has 2 aromatic rings. The van der Waals surface area contributed by atoms with Crippen LogP contribution < -0.4 is 10.2 Å². The molecule has 5 nitrogen and oxygen atoms in total. The maximum absolute atomic E-state index is 12.7. The summed E-state index contributed by atoms with van der Waals surface area (Å²) in [5.41, 5.74) is 0.862. The van der Waals surface area contributed by atoms with Crippen molar-refractivity contribution in [3.8, 4) is 0 Å². The maximum atomic E-state index is 12.7. The molecule has 1 aliphatic heterocycles. The summed E-state index contributed by atoms with van der Waals surface area (Å²) in [7, 11) is 0. The van der Waals surface area contributed by atoms with Gasteiger partial charge in [0, 0.05) is 35.5 Å². The quantitative estimate of drug-likeness (QED) is 0.876. The summed E-state index contributed by atoms with van der Waals surface area (Å²) >= 11 is 12.2. The second-order valence-electron chi connectivity index (χ2n) is 6.24. The number of nitrogens with zero attached hydrogens (tertiary/aromatic N) is 3. The van der Waals surface area contributed by atoms with Crippen molar-refractivity contribution in [2.45, 2.75) is 25.8 Å². The van der Waals surface area contributed by atoms with Crippen LogP contribution in [-0.2, 0) is 4.79 Å². The molecular formula is C18H20Cl2N4O. The highest BCUT2D eigenvalue weighted by molar-refractivity contribution is 6.35. The number of amides is 1. The van der Waals surface area contributed by atoms with Crippen LogP contribution in [0, 0.1) is 5.92 Å². The van der Waals surface area contributed by atoms with Crippen LogP contribution in [0.15, 0.2) is 36.8 Å². The van der Waals surface area contributed by atoms with Crippen LogP contribution in [0.3, 0.4) is 0 Å². The van der Waals surface area contributed by atoms with Gasteiger partial charge in [-0.25, -0.2) is 4.98 Å². The van der Waals surface area contributed by atoms with E-state index < -0.39 is 0 Å². The SMILES string of the molecule is C[C@H](NC(=O)[C@H]1CCCN(c2cnccn2)C1)c1ccc(Cl)cc1Cl. The van der Waals surface area contributed by atoms with Crippen LogP contribution in [-0.4, -0.2) is 29.0 Å². The summed E-state index contributed by atoms with van der Waals surface area (Å²) in [6.07, 6.45) is 6.86. The summed E-state index contributed by atoms with van der Waals surface area (Å²) in [6, 6.07) is 5.14. The zero-order valence-corrected chi connectivity index (χ0v) is 15.5. The third-order valence-electron chi connectivity index (χ3n) is 4.45. The highest BCUT2D eigenvalue weighted by atomic mass is 35.5. The molecule has 3 rings (SSSR count).